The Morgan fingerprint density at radius 1 is 1.42 bits per heavy atom. The molecule has 1 heterocycles. The fourth-order valence-electron chi connectivity index (χ4n) is 2.68. The van der Waals surface area contributed by atoms with Crippen molar-refractivity contribution in [3.63, 3.8) is 0 Å². The highest BCUT2D eigenvalue weighted by atomic mass is 35.5. The molecular weight excluding hydrogens is 260 g/mol. The Labute approximate surface area is 120 Å². The van der Waals surface area contributed by atoms with Crippen LogP contribution in [-0.4, -0.2) is 28.9 Å². The topological polar surface area (TPSA) is 33.2 Å². The van der Waals surface area contributed by atoms with E-state index in [1.807, 2.05) is 11.9 Å². The molecule has 2 rings (SSSR count). The van der Waals surface area contributed by atoms with Crippen molar-refractivity contribution in [2.45, 2.75) is 45.6 Å². The Bertz CT molecular complexity index is 463. The van der Waals surface area contributed by atoms with E-state index < -0.39 is 0 Å². The van der Waals surface area contributed by atoms with Gasteiger partial charge >= 0.3 is 0 Å². The first kappa shape index (κ1) is 14.3. The van der Waals surface area contributed by atoms with Crippen molar-refractivity contribution in [3.05, 3.63) is 29.0 Å². The molecule has 1 fully saturated rings. The van der Waals surface area contributed by atoms with Gasteiger partial charge in [-0.1, -0.05) is 25.4 Å². The number of rotatable bonds is 2. The lowest BCUT2D eigenvalue weighted by molar-refractivity contribution is 0.0635. The van der Waals surface area contributed by atoms with Gasteiger partial charge in [0.15, 0.2) is 0 Å². The molecule has 1 aromatic heterocycles. The molecule has 0 bridgehead atoms. The molecule has 1 aromatic rings. The molecule has 0 atom stereocenters. The maximum Gasteiger partial charge on any atom is 0.255 e. The summed E-state index contributed by atoms with van der Waals surface area (Å²) in [6.45, 7) is 4.59. The molecule has 0 aliphatic heterocycles. The van der Waals surface area contributed by atoms with Crippen LogP contribution in [0.3, 0.4) is 0 Å². The van der Waals surface area contributed by atoms with Gasteiger partial charge in [-0.2, -0.15) is 0 Å². The van der Waals surface area contributed by atoms with Crippen LogP contribution in [0.1, 0.15) is 49.9 Å². The smallest absolute Gasteiger partial charge is 0.255 e. The predicted molar refractivity (Wildman–Crippen MR) is 77.4 cm³/mol. The number of carbonyl (C=O) groups is 1. The van der Waals surface area contributed by atoms with E-state index in [0.717, 1.165) is 12.8 Å². The van der Waals surface area contributed by atoms with Gasteiger partial charge in [-0.15, -0.1) is 0 Å². The maximum atomic E-state index is 12.4. The highest BCUT2D eigenvalue weighted by Crippen LogP contribution is 2.37. The first-order valence-electron chi connectivity index (χ1n) is 6.77. The molecule has 1 saturated carbocycles. The summed E-state index contributed by atoms with van der Waals surface area (Å²) < 4.78 is 0. The van der Waals surface area contributed by atoms with Crippen LogP contribution in [-0.2, 0) is 0 Å². The van der Waals surface area contributed by atoms with E-state index >= 15 is 0 Å². The van der Waals surface area contributed by atoms with Gasteiger partial charge in [-0.25, -0.2) is 0 Å². The van der Waals surface area contributed by atoms with E-state index in [2.05, 4.69) is 18.8 Å². The van der Waals surface area contributed by atoms with Crippen LogP contribution in [0.25, 0.3) is 0 Å². The largest absolute Gasteiger partial charge is 0.339 e. The lowest BCUT2D eigenvalue weighted by atomic mass is 9.75. The molecule has 0 unspecified atom stereocenters. The minimum atomic E-state index is -0.00268. The molecule has 19 heavy (non-hydrogen) atoms. The van der Waals surface area contributed by atoms with E-state index in [0.29, 0.717) is 22.0 Å². The molecule has 104 valence electrons. The number of hydrogen-bond donors (Lipinski definition) is 0. The van der Waals surface area contributed by atoms with Crippen molar-refractivity contribution >= 4 is 17.5 Å². The van der Waals surface area contributed by atoms with Gasteiger partial charge in [-0.3, -0.25) is 9.78 Å². The number of nitrogens with zero attached hydrogens (tertiary/aromatic N) is 2. The molecule has 3 nitrogen and oxygen atoms in total. The Hall–Kier alpha value is -1.09. The summed E-state index contributed by atoms with van der Waals surface area (Å²) in [6, 6.07) is 2.01. The van der Waals surface area contributed by atoms with E-state index in [-0.39, 0.29) is 5.91 Å². The number of halogens is 1. The third-order valence-electron chi connectivity index (χ3n) is 4.18. The molecular formula is C15H21ClN2O. The molecule has 1 amide bonds. The van der Waals surface area contributed by atoms with Crippen LogP contribution in [0.5, 0.6) is 0 Å². The normalized spacial score (nSPS) is 19.2. The summed E-state index contributed by atoms with van der Waals surface area (Å²) >= 11 is 6.04. The molecule has 0 aromatic carbocycles. The van der Waals surface area contributed by atoms with Crippen LogP contribution in [0.15, 0.2) is 18.5 Å². The number of hydrogen-bond acceptors (Lipinski definition) is 2. The fraction of sp³-hybridized carbons (Fsp3) is 0.600. The van der Waals surface area contributed by atoms with Gasteiger partial charge in [0.05, 0.1) is 10.6 Å². The summed E-state index contributed by atoms with van der Waals surface area (Å²) in [5, 5.41) is 0.426. The van der Waals surface area contributed by atoms with Crippen LogP contribution >= 0.6 is 11.6 Å². The van der Waals surface area contributed by atoms with Crippen molar-refractivity contribution in [1.82, 2.24) is 9.88 Å². The van der Waals surface area contributed by atoms with Crippen LogP contribution < -0.4 is 0 Å². The Morgan fingerprint density at radius 3 is 2.63 bits per heavy atom. The quantitative estimate of drug-likeness (QED) is 0.826. The Balaban J connectivity index is 2.06. The summed E-state index contributed by atoms with van der Waals surface area (Å²) in [4.78, 5) is 18.2. The summed E-state index contributed by atoms with van der Waals surface area (Å²) in [5.74, 6) is -0.00268. The average Bonchev–Trinajstić information content (AvgIpc) is 2.38. The minimum Gasteiger partial charge on any atom is -0.339 e. The van der Waals surface area contributed by atoms with E-state index in [1.54, 1.807) is 12.3 Å². The predicted octanol–water partition coefficient (Wildman–Crippen LogP) is 3.78. The van der Waals surface area contributed by atoms with Crippen molar-refractivity contribution in [2.75, 3.05) is 7.05 Å². The number of aromatic nitrogens is 1. The Kier molecular flexibility index (Phi) is 4.14. The minimum absolute atomic E-state index is 0.00268. The van der Waals surface area contributed by atoms with E-state index in [4.69, 9.17) is 11.6 Å². The van der Waals surface area contributed by atoms with E-state index in [1.165, 1.54) is 19.0 Å². The van der Waals surface area contributed by atoms with Gasteiger partial charge in [0.2, 0.25) is 0 Å². The second-order valence-corrected chi connectivity index (χ2v) is 6.57. The zero-order valence-corrected chi connectivity index (χ0v) is 12.6. The zero-order valence-electron chi connectivity index (χ0n) is 11.8. The number of pyridine rings is 1. The average molecular weight is 281 g/mol. The van der Waals surface area contributed by atoms with Gasteiger partial charge in [-0.05, 0) is 37.2 Å². The van der Waals surface area contributed by atoms with Crippen molar-refractivity contribution in [1.29, 1.82) is 0 Å². The van der Waals surface area contributed by atoms with Gasteiger partial charge in [0, 0.05) is 25.5 Å². The highest BCUT2D eigenvalue weighted by Gasteiger charge is 2.31. The van der Waals surface area contributed by atoms with Crippen molar-refractivity contribution in [3.8, 4) is 0 Å². The fourth-order valence-corrected chi connectivity index (χ4v) is 2.88. The lowest BCUT2D eigenvalue weighted by Crippen LogP contribution is -2.41. The standard InChI is InChI=1S/C15H21ClN2O/c1-15(2)7-4-11(5-8-15)18(3)14(19)12-6-9-17-10-13(12)16/h6,9-11H,4-5,7-8H2,1-3H3. The second-order valence-electron chi connectivity index (χ2n) is 6.17. The molecule has 4 heteroatoms. The van der Waals surface area contributed by atoms with Crippen LogP contribution in [0.2, 0.25) is 5.02 Å². The zero-order chi connectivity index (χ0) is 14.0. The van der Waals surface area contributed by atoms with Crippen molar-refractivity contribution < 1.29 is 4.79 Å². The molecule has 0 saturated heterocycles. The van der Waals surface area contributed by atoms with Gasteiger partial charge < -0.3 is 4.90 Å². The highest BCUT2D eigenvalue weighted by molar-refractivity contribution is 6.33. The first-order valence-corrected chi connectivity index (χ1v) is 7.15. The van der Waals surface area contributed by atoms with Crippen molar-refractivity contribution in [2.24, 2.45) is 5.41 Å². The number of carbonyl (C=O) groups excluding carboxylic acids is 1. The third-order valence-corrected chi connectivity index (χ3v) is 4.48. The molecule has 0 N–H and O–H groups in total. The van der Waals surface area contributed by atoms with E-state index in [9.17, 15) is 4.79 Å². The third kappa shape index (κ3) is 3.27. The molecule has 1 aliphatic carbocycles. The maximum absolute atomic E-state index is 12.4. The SMILES string of the molecule is CN(C(=O)c1ccncc1Cl)C1CCC(C)(C)CC1. The van der Waals surface area contributed by atoms with Crippen LogP contribution in [0, 0.1) is 5.41 Å². The summed E-state index contributed by atoms with van der Waals surface area (Å²) in [5.41, 5.74) is 0.957. The number of amides is 1. The van der Waals surface area contributed by atoms with Gasteiger partial charge in [0.1, 0.15) is 0 Å². The monoisotopic (exact) mass is 280 g/mol. The first-order chi connectivity index (χ1) is 8.91. The van der Waals surface area contributed by atoms with Crippen LogP contribution in [0.4, 0.5) is 0 Å². The molecule has 1 aliphatic rings. The lowest BCUT2D eigenvalue weighted by Gasteiger charge is -2.38. The second kappa shape index (κ2) is 5.49. The summed E-state index contributed by atoms with van der Waals surface area (Å²) in [7, 11) is 1.88. The Morgan fingerprint density at radius 2 is 2.05 bits per heavy atom. The molecule has 0 radical (unpaired) electrons. The van der Waals surface area contributed by atoms with Gasteiger partial charge in [0.25, 0.3) is 5.91 Å². The summed E-state index contributed by atoms with van der Waals surface area (Å²) in [6.07, 6.45) is 7.60. The molecule has 0 spiro atoms.